The maximum absolute atomic E-state index is 4.44. The molecular formula is C21H15N7. The van der Waals surface area contributed by atoms with Gasteiger partial charge in [-0.05, 0) is 29.8 Å². The van der Waals surface area contributed by atoms with Crippen LogP contribution < -0.4 is 0 Å². The van der Waals surface area contributed by atoms with Crippen LogP contribution in [0.3, 0.4) is 0 Å². The molecule has 3 aromatic heterocycles. The van der Waals surface area contributed by atoms with Gasteiger partial charge in [-0.1, -0.05) is 36.4 Å². The van der Waals surface area contributed by atoms with Crippen LogP contribution in [-0.2, 0) is 6.54 Å². The molecule has 0 atom stereocenters. The zero-order valence-electron chi connectivity index (χ0n) is 14.8. The summed E-state index contributed by atoms with van der Waals surface area (Å²) in [5.74, 6) is 0.505. The molecule has 0 aliphatic carbocycles. The molecule has 0 spiro atoms. The first kappa shape index (κ1) is 16.2. The Morgan fingerprint density at radius 3 is 2.61 bits per heavy atom. The number of para-hydroxylation sites is 2. The molecule has 0 bridgehead atoms. The number of pyridine rings is 1. The van der Waals surface area contributed by atoms with Crippen LogP contribution in [0.4, 0.5) is 5.82 Å². The maximum atomic E-state index is 4.44. The van der Waals surface area contributed by atoms with E-state index in [0.717, 1.165) is 27.5 Å². The van der Waals surface area contributed by atoms with Gasteiger partial charge in [0.15, 0.2) is 11.5 Å². The molecule has 134 valence electrons. The molecule has 2 aromatic carbocycles. The van der Waals surface area contributed by atoms with E-state index < -0.39 is 0 Å². The molecule has 7 nitrogen and oxygen atoms in total. The van der Waals surface area contributed by atoms with E-state index in [1.807, 2.05) is 60.7 Å². The average molecular weight is 365 g/mol. The van der Waals surface area contributed by atoms with E-state index >= 15 is 0 Å². The SMILES string of the molecule is c1ccc(-n2ncc3c(N=NCc4ccnc5ccccc45)ncnc32)cc1. The smallest absolute Gasteiger partial charge is 0.188 e. The fraction of sp³-hybridized carbons (Fsp3) is 0.0476. The topological polar surface area (TPSA) is 81.2 Å². The van der Waals surface area contributed by atoms with Gasteiger partial charge < -0.3 is 0 Å². The monoisotopic (exact) mass is 365 g/mol. The first-order chi connectivity index (χ1) is 13.9. The zero-order valence-corrected chi connectivity index (χ0v) is 14.8. The highest BCUT2D eigenvalue weighted by atomic mass is 15.3. The maximum Gasteiger partial charge on any atom is 0.188 e. The molecular weight excluding hydrogens is 350 g/mol. The Balaban J connectivity index is 1.48. The van der Waals surface area contributed by atoms with Crippen LogP contribution in [0.5, 0.6) is 0 Å². The Hall–Kier alpha value is -4.00. The quantitative estimate of drug-likeness (QED) is 0.434. The molecule has 3 heterocycles. The van der Waals surface area contributed by atoms with E-state index in [1.165, 1.54) is 6.33 Å². The van der Waals surface area contributed by atoms with Crippen LogP contribution in [0, 0.1) is 0 Å². The van der Waals surface area contributed by atoms with Crippen molar-refractivity contribution in [3.8, 4) is 5.69 Å². The Morgan fingerprint density at radius 2 is 1.68 bits per heavy atom. The molecule has 0 radical (unpaired) electrons. The molecule has 0 N–H and O–H groups in total. The summed E-state index contributed by atoms with van der Waals surface area (Å²) in [6, 6.07) is 19.8. The third-order valence-corrected chi connectivity index (χ3v) is 4.49. The summed E-state index contributed by atoms with van der Waals surface area (Å²) in [4.78, 5) is 13.0. The number of hydrogen-bond acceptors (Lipinski definition) is 6. The van der Waals surface area contributed by atoms with Crippen molar-refractivity contribution in [2.24, 2.45) is 10.2 Å². The van der Waals surface area contributed by atoms with Gasteiger partial charge in [0.1, 0.15) is 6.33 Å². The van der Waals surface area contributed by atoms with Crippen LogP contribution in [-0.4, -0.2) is 24.7 Å². The second-order valence-electron chi connectivity index (χ2n) is 6.21. The molecule has 0 saturated carbocycles. The number of benzene rings is 2. The first-order valence-electron chi connectivity index (χ1n) is 8.84. The predicted molar refractivity (Wildman–Crippen MR) is 107 cm³/mol. The van der Waals surface area contributed by atoms with Crippen LogP contribution in [0.1, 0.15) is 5.56 Å². The van der Waals surface area contributed by atoms with E-state index in [2.05, 4.69) is 30.3 Å². The molecule has 28 heavy (non-hydrogen) atoms. The van der Waals surface area contributed by atoms with Gasteiger partial charge in [-0.15, -0.1) is 5.11 Å². The molecule has 7 heteroatoms. The first-order valence-corrected chi connectivity index (χ1v) is 8.84. The lowest BCUT2D eigenvalue weighted by Crippen LogP contribution is -1.96. The Kier molecular flexibility index (Phi) is 4.02. The summed E-state index contributed by atoms with van der Waals surface area (Å²) >= 11 is 0. The zero-order chi connectivity index (χ0) is 18.8. The normalized spacial score (nSPS) is 11.6. The summed E-state index contributed by atoms with van der Waals surface area (Å²) in [6.45, 7) is 0.446. The van der Waals surface area contributed by atoms with Crippen molar-refractivity contribution < 1.29 is 0 Å². The minimum absolute atomic E-state index is 0.446. The van der Waals surface area contributed by atoms with Gasteiger partial charge in [0.2, 0.25) is 0 Å². The number of nitrogens with zero attached hydrogens (tertiary/aromatic N) is 7. The lowest BCUT2D eigenvalue weighted by atomic mass is 10.1. The number of aromatic nitrogens is 5. The van der Waals surface area contributed by atoms with Crippen molar-refractivity contribution in [1.82, 2.24) is 24.7 Å². The lowest BCUT2D eigenvalue weighted by molar-refractivity contribution is 0.894. The third kappa shape index (κ3) is 2.88. The van der Waals surface area contributed by atoms with Crippen molar-refractivity contribution in [3.63, 3.8) is 0 Å². The molecule has 0 unspecified atom stereocenters. The van der Waals surface area contributed by atoms with E-state index in [1.54, 1.807) is 17.1 Å². The Labute approximate surface area is 160 Å². The van der Waals surface area contributed by atoms with Crippen LogP contribution in [0.15, 0.2) is 89.6 Å². The van der Waals surface area contributed by atoms with Crippen molar-refractivity contribution in [3.05, 3.63) is 84.9 Å². The molecule has 5 rings (SSSR count). The van der Waals surface area contributed by atoms with Crippen molar-refractivity contribution in [2.75, 3.05) is 0 Å². The van der Waals surface area contributed by atoms with Gasteiger partial charge in [-0.25, -0.2) is 14.6 Å². The summed E-state index contributed by atoms with van der Waals surface area (Å²) in [5.41, 5.74) is 3.65. The Bertz CT molecular complexity index is 1290. The van der Waals surface area contributed by atoms with Gasteiger partial charge in [0, 0.05) is 11.6 Å². The molecule has 0 saturated heterocycles. The Morgan fingerprint density at radius 1 is 0.821 bits per heavy atom. The van der Waals surface area contributed by atoms with Gasteiger partial charge in [0.05, 0.1) is 29.3 Å². The standard InChI is InChI=1S/C21H15N7/c1-2-6-16(7-3-1)28-21-18(13-26-28)20(23-14-24-21)27-25-12-15-10-11-22-19-9-5-4-8-17(15)19/h1-11,13-14H,12H2. The predicted octanol–water partition coefficient (Wildman–Crippen LogP) is 4.65. The van der Waals surface area contributed by atoms with Gasteiger partial charge in [0.25, 0.3) is 0 Å². The molecule has 0 aliphatic rings. The second-order valence-corrected chi connectivity index (χ2v) is 6.21. The van der Waals surface area contributed by atoms with Crippen LogP contribution in [0.25, 0.3) is 27.6 Å². The minimum Gasteiger partial charge on any atom is -0.256 e. The molecule has 0 amide bonds. The number of hydrogen-bond donors (Lipinski definition) is 0. The second kappa shape index (κ2) is 6.96. The summed E-state index contributed by atoms with van der Waals surface area (Å²) in [6.07, 6.45) is 5.00. The third-order valence-electron chi connectivity index (χ3n) is 4.49. The minimum atomic E-state index is 0.446. The highest BCUT2D eigenvalue weighted by molar-refractivity contribution is 5.85. The average Bonchev–Trinajstić information content (AvgIpc) is 3.20. The lowest BCUT2D eigenvalue weighted by Gasteiger charge is -2.02. The summed E-state index contributed by atoms with van der Waals surface area (Å²) < 4.78 is 1.77. The van der Waals surface area contributed by atoms with Gasteiger partial charge >= 0.3 is 0 Å². The number of fused-ring (bicyclic) bond motifs is 2. The van der Waals surface area contributed by atoms with E-state index in [9.17, 15) is 0 Å². The van der Waals surface area contributed by atoms with E-state index in [0.29, 0.717) is 18.0 Å². The van der Waals surface area contributed by atoms with Crippen LogP contribution in [0.2, 0.25) is 0 Å². The van der Waals surface area contributed by atoms with Crippen molar-refractivity contribution >= 4 is 27.8 Å². The van der Waals surface area contributed by atoms with Crippen molar-refractivity contribution in [1.29, 1.82) is 0 Å². The van der Waals surface area contributed by atoms with Gasteiger partial charge in [-0.2, -0.15) is 10.2 Å². The van der Waals surface area contributed by atoms with Gasteiger partial charge in [-0.3, -0.25) is 4.98 Å². The molecule has 0 aliphatic heterocycles. The largest absolute Gasteiger partial charge is 0.256 e. The molecule has 5 aromatic rings. The van der Waals surface area contributed by atoms with E-state index in [4.69, 9.17) is 0 Å². The summed E-state index contributed by atoms with van der Waals surface area (Å²) in [5, 5.41) is 15.0. The highest BCUT2D eigenvalue weighted by Gasteiger charge is 2.10. The summed E-state index contributed by atoms with van der Waals surface area (Å²) in [7, 11) is 0. The number of rotatable bonds is 4. The number of azo groups is 1. The fourth-order valence-electron chi connectivity index (χ4n) is 3.14. The highest BCUT2D eigenvalue weighted by Crippen LogP contribution is 2.24. The molecule has 0 fully saturated rings. The fourth-order valence-corrected chi connectivity index (χ4v) is 3.14. The van der Waals surface area contributed by atoms with Crippen molar-refractivity contribution in [2.45, 2.75) is 6.54 Å². The van der Waals surface area contributed by atoms with E-state index in [-0.39, 0.29) is 0 Å². The van der Waals surface area contributed by atoms with Crippen LogP contribution >= 0.6 is 0 Å².